The van der Waals surface area contributed by atoms with Gasteiger partial charge in [0.25, 0.3) is 0 Å². The first-order chi connectivity index (χ1) is 16.3. The molecule has 0 bridgehead atoms. The number of hydrogen-bond donors (Lipinski definition) is 0. The van der Waals surface area contributed by atoms with Gasteiger partial charge in [-0.1, -0.05) is 11.6 Å². The molecule has 0 N–H and O–H groups in total. The van der Waals surface area contributed by atoms with Gasteiger partial charge in [0.2, 0.25) is 0 Å². The number of unbranched alkanes of at least 4 members (excludes halogenated alkanes) is 2. The van der Waals surface area contributed by atoms with Crippen LogP contribution in [0.15, 0.2) is 10.8 Å². The van der Waals surface area contributed by atoms with E-state index in [1.54, 1.807) is 0 Å². The molecule has 220 valence electrons. The minimum Gasteiger partial charge on any atom is -0.482 e. The Labute approximate surface area is 205 Å². The predicted molar refractivity (Wildman–Crippen MR) is 88.5 cm³/mol. The molecule has 0 aromatic heterocycles. The van der Waals surface area contributed by atoms with Crippen LogP contribution in [0, 0.1) is 0 Å². The van der Waals surface area contributed by atoms with Gasteiger partial charge in [-0.3, -0.25) is 9.47 Å². The first-order valence-electron chi connectivity index (χ1n) is 8.79. The summed E-state index contributed by atoms with van der Waals surface area (Å²) >= 11 is 10.5. The largest absolute Gasteiger partial charge is 0.483 e. The van der Waals surface area contributed by atoms with E-state index in [0.717, 1.165) is 5.54 Å². The van der Waals surface area contributed by atoms with Crippen molar-refractivity contribution in [2.24, 2.45) is 0 Å². The zero-order chi connectivity index (χ0) is 29.7. The Kier molecular flexibility index (Phi) is 11.6. The van der Waals surface area contributed by atoms with Gasteiger partial charge in [-0.2, -0.15) is 65.9 Å². The van der Waals surface area contributed by atoms with Crippen molar-refractivity contribution in [3.05, 3.63) is 10.8 Å². The monoisotopic (exact) mass is 626 g/mol. The van der Waals surface area contributed by atoms with Crippen LogP contribution >= 0.6 is 23.2 Å². The summed E-state index contributed by atoms with van der Waals surface area (Å²) in [6.45, 7) is -1.45. The fourth-order valence-electron chi connectivity index (χ4n) is 1.81. The van der Waals surface area contributed by atoms with Crippen LogP contribution in [0.1, 0.15) is 19.3 Å². The second kappa shape index (κ2) is 12.1. The molecule has 2 atom stereocenters. The first-order valence-corrected chi connectivity index (χ1v) is 9.60. The molecule has 5 nitrogen and oxygen atoms in total. The number of hydrogen-bond acceptors (Lipinski definition) is 5. The van der Waals surface area contributed by atoms with Crippen LogP contribution in [0.2, 0.25) is 0 Å². The summed E-state index contributed by atoms with van der Waals surface area (Å²) in [5.74, 6) is -18.1. The lowest BCUT2D eigenvalue weighted by Crippen LogP contribution is -2.66. The fourth-order valence-corrected chi connectivity index (χ4v) is 1.95. The topological polar surface area (TPSA) is 54.0 Å². The second-order valence-corrected chi connectivity index (χ2v) is 6.97. The van der Waals surface area contributed by atoms with Crippen molar-refractivity contribution >= 4 is 29.2 Å². The van der Waals surface area contributed by atoms with Crippen molar-refractivity contribution in [1.82, 2.24) is 0 Å². The summed E-state index contributed by atoms with van der Waals surface area (Å²) in [5, 5.41) is -0.293. The van der Waals surface area contributed by atoms with Crippen LogP contribution in [-0.4, -0.2) is 61.6 Å². The van der Waals surface area contributed by atoms with E-state index in [2.05, 4.69) is 4.74 Å². The maximum atomic E-state index is 14.2. The highest BCUT2D eigenvalue weighted by Gasteiger charge is 2.83. The maximum Gasteiger partial charge on any atom is 0.483 e. The molecule has 0 spiro atoms. The summed E-state index contributed by atoms with van der Waals surface area (Å²) < 4.78 is 206. The molecule has 0 aromatic rings. The summed E-state index contributed by atoms with van der Waals surface area (Å²) in [4.78, 5) is 11.4. The number of carbonyl (C=O) groups excluding carboxylic acids is 1. The normalized spacial score (nSPS) is 17.7. The van der Waals surface area contributed by atoms with Gasteiger partial charge in [-0.05, 0) is 30.9 Å². The molecule has 0 heterocycles. The zero-order valence-corrected chi connectivity index (χ0v) is 18.6. The lowest BCUT2D eigenvalue weighted by Gasteiger charge is -2.38. The molecular formula is C15H11Cl2F15O5. The molecule has 0 aromatic carbocycles. The molecule has 0 aliphatic heterocycles. The molecule has 0 aliphatic rings. The van der Waals surface area contributed by atoms with Crippen LogP contribution in [0.25, 0.3) is 0 Å². The van der Waals surface area contributed by atoms with Crippen molar-refractivity contribution in [2.45, 2.75) is 61.7 Å². The van der Waals surface area contributed by atoms with Crippen LogP contribution < -0.4 is 0 Å². The number of rotatable bonds is 13. The van der Waals surface area contributed by atoms with Crippen molar-refractivity contribution < 1.29 is 89.6 Å². The minimum absolute atomic E-state index is 0.00776. The third kappa shape index (κ3) is 8.74. The summed E-state index contributed by atoms with van der Waals surface area (Å²) in [6.07, 6.45) is -37.9. The summed E-state index contributed by atoms with van der Waals surface area (Å²) in [6, 6.07) is 0. The van der Waals surface area contributed by atoms with Crippen molar-refractivity contribution in [2.75, 3.05) is 13.2 Å². The van der Waals surface area contributed by atoms with Crippen LogP contribution in [0.4, 0.5) is 65.9 Å². The highest BCUT2D eigenvalue weighted by molar-refractivity contribution is 6.35. The van der Waals surface area contributed by atoms with E-state index in [9.17, 15) is 70.7 Å². The molecule has 0 radical (unpaired) electrons. The molecule has 0 saturated carbocycles. The van der Waals surface area contributed by atoms with E-state index >= 15 is 0 Å². The van der Waals surface area contributed by atoms with Crippen molar-refractivity contribution in [1.29, 1.82) is 0 Å². The van der Waals surface area contributed by atoms with Crippen LogP contribution in [-0.2, 0) is 23.7 Å². The molecule has 2 unspecified atom stereocenters. The molecule has 0 amide bonds. The molecule has 0 aliphatic carbocycles. The van der Waals surface area contributed by atoms with Crippen molar-refractivity contribution in [3.8, 4) is 0 Å². The van der Waals surface area contributed by atoms with E-state index < -0.39 is 61.5 Å². The Balaban J connectivity index is 5.83. The predicted octanol–water partition coefficient (Wildman–Crippen LogP) is 7.23. The van der Waals surface area contributed by atoms with Gasteiger partial charge in [0.05, 0.1) is 18.7 Å². The minimum atomic E-state index is -7.79. The van der Waals surface area contributed by atoms with Crippen LogP contribution in [0.5, 0.6) is 0 Å². The number of halogens is 17. The van der Waals surface area contributed by atoms with Gasteiger partial charge in [0.15, 0.2) is 5.22 Å². The molecule has 0 rings (SSSR count). The SMILES string of the molecule is O=C(OCCCCCO/C(Cl)=C\Cl)C(F)(OC(F)(F)C(F)(OC(F)(F)C(F)(F)F)C(F)(F)F)C(F)(F)F. The van der Waals surface area contributed by atoms with Crippen LogP contribution in [0.3, 0.4) is 0 Å². The third-order valence-corrected chi connectivity index (χ3v) is 4.11. The average Bonchev–Trinajstić information content (AvgIpc) is 2.69. The van der Waals surface area contributed by atoms with E-state index in [1.807, 2.05) is 4.74 Å². The van der Waals surface area contributed by atoms with Gasteiger partial charge in [0.1, 0.15) is 0 Å². The average molecular weight is 627 g/mol. The molecule has 37 heavy (non-hydrogen) atoms. The Hall–Kier alpha value is -1.54. The van der Waals surface area contributed by atoms with Gasteiger partial charge < -0.3 is 9.47 Å². The Bertz CT molecular complexity index is 798. The van der Waals surface area contributed by atoms with Gasteiger partial charge in [0, 0.05) is 0 Å². The Morgan fingerprint density at radius 2 is 1.08 bits per heavy atom. The molecule has 0 fully saturated rings. The van der Waals surface area contributed by atoms with Crippen molar-refractivity contribution in [3.63, 3.8) is 0 Å². The smallest absolute Gasteiger partial charge is 0.482 e. The highest BCUT2D eigenvalue weighted by Crippen LogP contribution is 2.54. The van der Waals surface area contributed by atoms with E-state index in [1.165, 1.54) is 4.74 Å². The van der Waals surface area contributed by atoms with Gasteiger partial charge in [-0.25, -0.2) is 4.79 Å². The Morgan fingerprint density at radius 3 is 1.46 bits per heavy atom. The number of esters is 1. The first kappa shape index (κ1) is 35.5. The molecule has 22 heteroatoms. The number of alkyl halides is 15. The Morgan fingerprint density at radius 1 is 0.622 bits per heavy atom. The van der Waals surface area contributed by atoms with Gasteiger partial charge in [-0.15, -0.1) is 0 Å². The standard InChI is InChI=1S/C15H11Cl2F15O5/c16-6-7(17)34-4-2-1-3-5-35-8(33)9(18,11(20,21)22)36-14(29,30)10(19,12(23,24)25)37-15(31,32)13(26,27)28/h6H,1-5H2/b7-6-. The third-order valence-electron chi connectivity index (χ3n) is 3.58. The van der Waals surface area contributed by atoms with E-state index in [4.69, 9.17) is 27.9 Å². The number of ether oxygens (including phenoxy) is 4. The second-order valence-electron chi connectivity index (χ2n) is 6.38. The van der Waals surface area contributed by atoms with E-state index in [0.29, 0.717) is 0 Å². The highest BCUT2D eigenvalue weighted by atomic mass is 35.5. The quantitative estimate of drug-likeness (QED) is 0.0935. The lowest BCUT2D eigenvalue weighted by atomic mass is 10.2. The van der Waals surface area contributed by atoms with Gasteiger partial charge >= 0.3 is 48.4 Å². The lowest BCUT2D eigenvalue weighted by molar-refractivity contribution is -0.545. The maximum absolute atomic E-state index is 14.2. The zero-order valence-electron chi connectivity index (χ0n) is 17.1. The molecule has 0 saturated heterocycles. The molecular weight excluding hydrogens is 616 g/mol. The number of carbonyl (C=O) groups is 1. The fraction of sp³-hybridized carbons (Fsp3) is 0.800. The summed E-state index contributed by atoms with van der Waals surface area (Å²) in [5.41, 5.74) is 0.789. The summed E-state index contributed by atoms with van der Waals surface area (Å²) in [7, 11) is 0. The van der Waals surface area contributed by atoms with E-state index in [-0.39, 0.29) is 24.7 Å².